The molecule has 2 heterocycles. The van der Waals surface area contributed by atoms with Crippen molar-refractivity contribution in [3.05, 3.63) is 35.4 Å². The van der Waals surface area contributed by atoms with Crippen molar-refractivity contribution < 1.29 is 9.90 Å². The van der Waals surface area contributed by atoms with E-state index in [2.05, 4.69) is 41.4 Å². The van der Waals surface area contributed by atoms with Gasteiger partial charge in [0.2, 0.25) is 0 Å². The van der Waals surface area contributed by atoms with Gasteiger partial charge >= 0.3 is 6.03 Å². The molecule has 5 nitrogen and oxygen atoms in total. The van der Waals surface area contributed by atoms with Crippen molar-refractivity contribution >= 4 is 6.03 Å². The first-order valence-electron chi connectivity index (χ1n) is 9.48. The monoisotopic (exact) mass is 345 g/mol. The third-order valence-electron chi connectivity index (χ3n) is 5.70. The van der Waals surface area contributed by atoms with Gasteiger partial charge in [-0.3, -0.25) is 4.90 Å². The Morgan fingerprint density at radius 3 is 2.48 bits per heavy atom. The number of nitrogens with zero attached hydrogens (tertiary/aromatic N) is 2. The number of hydrogen-bond acceptors (Lipinski definition) is 3. The standard InChI is InChI=1S/C20H31N3O2/c1-16-5-3-4-6-17(16)15-22-11-7-18(8-12-22)21-19(24)23-13-9-20(2,25)10-14-23/h3-6,18,25H,7-15H2,1-2H3,(H,21,24). The summed E-state index contributed by atoms with van der Waals surface area (Å²) in [6, 6.07) is 8.86. The summed E-state index contributed by atoms with van der Waals surface area (Å²) in [5.74, 6) is 0. The quantitative estimate of drug-likeness (QED) is 0.885. The Morgan fingerprint density at radius 2 is 1.84 bits per heavy atom. The molecule has 0 unspecified atom stereocenters. The first-order valence-corrected chi connectivity index (χ1v) is 9.48. The number of urea groups is 1. The van der Waals surface area contributed by atoms with Gasteiger partial charge in [-0.15, -0.1) is 0 Å². The van der Waals surface area contributed by atoms with Crippen molar-refractivity contribution in [3.63, 3.8) is 0 Å². The van der Waals surface area contributed by atoms with Gasteiger partial charge < -0.3 is 15.3 Å². The van der Waals surface area contributed by atoms with Crippen molar-refractivity contribution in [2.75, 3.05) is 26.2 Å². The minimum Gasteiger partial charge on any atom is -0.390 e. The Kier molecular flexibility index (Phi) is 5.64. The normalized spacial score (nSPS) is 22.0. The number of carbonyl (C=O) groups excluding carboxylic acids is 1. The molecular formula is C20H31N3O2. The SMILES string of the molecule is Cc1ccccc1CN1CCC(NC(=O)N2CCC(C)(O)CC2)CC1. The molecule has 5 heteroatoms. The van der Waals surface area contributed by atoms with Crippen LogP contribution in [0.2, 0.25) is 0 Å². The zero-order valence-corrected chi connectivity index (χ0v) is 15.5. The molecule has 2 aliphatic heterocycles. The summed E-state index contributed by atoms with van der Waals surface area (Å²) >= 11 is 0. The van der Waals surface area contributed by atoms with Crippen LogP contribution in [-0.4, -0.2) is 58.8 Å². The van der Waals surface area contributed by atoms with Gasteiger partial charge in [0.15, 0.2) is 0 Å². The number of rotatable bonds is 3. The van der Waals surface area contributed by atoms with Crippen LogP contribution in [0, 0.1) is 6.92 Å². The fourth-order valence-corrected chi connectivity index (χ4v) is 3.72. The second-order valence-electron chi connectivity index (χ2n) is 7.91. The van der Waals surface area contributed by atoms with Crippen LogP contribution in [-0.2, 0) is 6.54 Å². The third-order valence-corrected chi connectivity index (χ3v) is 5.70. The van der Waals surface area contributed by atoms with Crippen molar-refractivity contribution in [3.8, 4) is 0 Å². The second-order valence-corrected chi connectivity index (χ2v) is 7.91. The summed E-state index contributed by atoms with van der Waals surface area (Å²) in [6.07, 6.45) is 3.33. The van der Waals surface area contributed by atoms with E-state index in [0.29, 0.717) is 25.9 Å². The van der Waals surface area contributed by atoms with Gasteiger partial charge in [-0.05, 0) is 50.7 Å². The molecule has 0 radical (unpaired) electrons. The van der Waals surface area contributed by atoms with Crippen LogP contribution in [0.3, 0.4) is 0 Å². The van der Waals surface area contributed by atoms with E-state index in [0.717, 1.165) is 32.5 Å². The van der Waals surface area contributed by atoms with Gasteiger partial charge in [-0.1, -0.05) is 24.3 Å². The molecule has 2 amide bonds. The molecule has 2 aliphatic rings. The number of nitrogens with one attached hydrogen (secondary N) is 1. The van der Waals surface area contributed by atoms with Crippen LogP contribution in [0.4, 0.5) is 4.79 Å². The number of likely N-dealkylation sites (tertiary alicyclic amines) is 2. The Morgan fingerprint density at radius 1 is 1.20 bits per heavy atom. The molecule has 0 aromatic heterocycles. The average Bonchev–Trinajstić information content (AvgIpc) is 2.58. The van der Waals surface area contributed by atoms with E-state index in [-0.39, 0.29) is 12.1 Å². The number of benzene rings is 1. The molecular weight excluding hydrogens is 314 g/mol. The maximum absolute atomic E-state index is 12.4. The lowest BCUT2D eigenvalue weighted by Crippen LogP contribution is -2.52. The molecule has 1 aromatic carbocycles. The summed E-state index contributed by atoms with van der Waals surface area (Å²) in [4.78, 5) is 16.7. The Labute approximate surface area is 151 Å². The average molecular weight is 345 g/mol. The van der Waals surface area contributed by atoms with E-state index < -0.39 is 5.60 Å². The van der Waals surface area contributed by atoms with E-state index in [9.17, 15) is 9.90 Å². The molecule has 0 spiro atoms. The lowest BCUT2D eigenvalue weighted by atomic mass is 9.94. The number of amides is 2. The molecule has 2 N–H and O–H groups in total. The summed E-state index contributed by atoms with van der Waals surface area (Å²) in [5.41, 5.74) is 2.13. The van der Waals surface area contributed by atoms with E-state index in [4.69, 9.17) is 0 Å². The van der Waals surface area contributed by atoms with Crippen LogP contribution in [0.15, 0.2) is 24.3 Å². The first kappa shape index (κ1) is 18.2. The van der Waals surface area contributed by atoms with Crippen LogP contribution in [0.1, 0.15) is 43.7 Å². The summed E-state index contributed by atoms with van der Waals surface area (Å²) < 4.78 is 0. The zero-order valence-electron chi connectivity index (χ0n) is 15.5. The van der Waals surface area contributed by atoms with Crippen LogP contribution in [0.25, 0.3) is 0 Å². The maximum Gasteiger partial charge on any atom is 0.317 e. The smallest absolute Gasteiger partial charge is 0.317 e. The van der Waals surface area contributed by atoms with Gasteiger partial charge in [0.05, 0.1) is 5.60 Å². The molecule has 2 fully saturated rings. The number of carbonyl (C=O) groups is 1. The molecule has 3 rings (SSSR count). The van der Waals surface area contributed by atoms with E-state index in [1.54, 1.807) is 0 Å². The predicted molar refractivity (Wildman–Crippen MR) is 99.4 cm³/mol. The molecule has 2 saturated heterocycles. The van der Waals surface area contributed by atoms with Crippen LogP contribution in [0.5, 0.6) is 0 Å². The van der Waals surface area contributed by atoms with Crippen LogP contribution >= 0.6 is 0 Å². The largest absolute Gasteiger partial charge is 0.390 e. The summed E-state index contributed by atoms with van der Waals surface area (Å²) in [5, 5.41) is 13.2. The summed E-state index contributed by atoms with van der Waals surface area (Å²) in [7, 11) is 0. The molecule has 0 atom stereocenters. The van der Waals surface area contributed by atoms with Gasteiger partial charge in [0, 0.05) is 38.8 Å². The zero-order chi connectivity index (χ0) is 17.9. The molecule has 1 aromatic rings. The molecule has 0 aliphatic carbocycles. The highest BCUT2D eigenvalue weighted by Crippen LogP contribution is 2.21. The number of aryl methyl sites for hydroxylation is 1. The van der Waals surface area contributed by atoms with Gasteiger partial charge in [-0.25, -0.2) is 4.79 Å². The van der Waals surface area contributed by atoms with E-state index >= 15 is 0 Å². The maximum atomic E-state index is 12.4. The molecule has 0 saturated carbocycles. The third kappa shape index (κ3) is 4.95. The highest BCUT2D eigenvalue weighted by atomic mass is 16.3. The minimum absolute atomic E-state index is 0.0350. The molecule has 0 bridgehead atoms. The van der Waals surface area contributed by atoms with Crippen molar-refractivity contribution in [1.82, 2.24) is 15.1 Å². The lowest BCUT2D eigenvalue weighted by molar-refractivity contribution is 0.00392. The highest BCUT2D eigenvalue weighted by Gasteiger charge is 2.30. The van der Waals surface area contributed by atoms with Gasteiger partial charge in [0.1, 0.15) is 0 Å². The van der Waals surface area contributed by atoms with E-state index in [1.165, 1.54) is 11.1 Å². The number of hydrogen-bond donors (Lipinski definition) is 2. The topological polar surface area (TPSA) is 55.8 Å². The van der Waals surface area contributed by atoms with Gasteiger partial charge in [-0.2, -0.15) is 0 Å². The fourth-order valence-electron chi connectivity index (χ4n) is 3.72. The fraction of sp³-hybridized carbons (Fsp3) is 0.650. The first-order chi connectivity index (χ1) is 11.9. The molecule has 25 heavy (non-hydrogen) atoms. The predicted octanol–water partition coefficient (Wildman–Crippen LogP) is 2.52. The Hall–Kier alpha value is -1.59. The minimum atomic E-state index is -0.613. The summed E-state index contributed by atoms with van der Waals surface area (Å²) in [6.45, 7) is 8.34. The van der Waals surface area contributed by atoms with E-state index in [1.807, 2.05) is 11.8 Å². The van der Waals surface area contributed by atoms with Crippen molar-refractivity contribution in [2.24, 2.45) is 0 Å². The molecule has 138 valence electrons. The number of piperidine rings is 2. The highest BCUT2D eigenvalue weighted by molar-refractivity contribution is 5.74. The lowest BCUT2D eigenvalue weighted by Gasteiger charge is -2.38. The number of aliphatic hydroxyl groups is 1. The van der Waals surface area contributed by atoms with Gasteiger partial charge in [0.25, 0.3) is 0 Å². The Bertz CT molecular complexity index is 584. The Balaban J connectivity index is 1.42. The second kappa shape index (κ2) is 7.75. The van der Waals surface area contributed by atoms with Crippen molar-refractivity contribution in [2.45, 2.75) is 57.7 Å². The van der Waals surface area contributed by atoms with Crippen molar-refractivity contribution in [1.29, 1.82) is 0 Å². The van der Waals surface area contributed by atoms with Crippen LogP contribution < -0.4 is 5.32 Å².